The van der Waals surface area contributed by atoms with E-state index in [1.54, 1.807) is 25.7 Å². The summed E-state index contributed by atoms with van der Waals surface area (Å²) in [6.07, 6.45) is -4.65. The second kappa shape index (κ2) is 16.4. The number of carbonyl (C=O) groups excluding carboxylic acids is 3. The monoisotopic (exact) mass is 854 g/mol. The van der Waals surface area contributed by atoms with E-state index >= 15 is 4.39 Å². The number of anilines is 2. The Morgan fingerprint density at radius 3 is 2.07 bits per heavy atom. The lowest BCUT2D eigenvalue weighted by molar-refractivity contribution is -0.137. The van der Waals surface area contributed by atoms with Gasteiger partial charge >= 0.3 is 30.5 Å². The summed E-state index contributed by atoms with van der Waals surface area (Å²) in [5.41, 5.74) is -7.97. The van der Waals surface area contributed by atoms with Crippen molar-refractivity contribution < 1.29 is 56.0 Å². The van der Waals surface area contributed by atoms with Crippen LogP contribution in [-0.4, -0.2) is 91.9 Å². The lowest BCUT2D eigenvalue weighted by atomic mass is 10.0. The van der Waals surface area contributed by atoms with Crippen molar-refractivity contribution >= 4 is 52.3 Å². The highest BCUT2D eigenvalue weighted by atomic mass is 35.5. The molecule has 0 radical (unpaired) electrons. The first-order chi connectivity index (χ1) is 27.1. The average Bonchev–Trinajstić information content (AvgIpc) is 3.76. The zero-order chi connectivity index (χ0) is 44.0. The fourth-order valence-corrected chi connectivity index (χ4v) is 6.71. The molecule has 19 heteroatoms. The average molecular weight is 855 g/mol. The number of imide groups is 1. The minimum Gasteiger partial charge on any atom is -0.463 e. The Kier molecular flexibility index (Phi) is 12.6. The molecule has 2 aromatic heterocycles. The molecule has 3 heterocycles. The van der Waals surface area contributed by atoms with Crippen LogP contribution >= 0.6 is 11.6 Å². The van der Waals surface area contributed by atoms with Crippen LogP contribution in [0.5, 0.6) is 6.01 Å². The number of hydrogen-bond donors (Lipinski definition) is 2. The predicted octanol–water partition coefficient (Wildman–Crippen LogP) is 9.53. The first kappa shape index (κ1) is 45.4. The Balaban J connectivity index is 1.65. The van der Waals surface area contributed by atoms with Crippen LogP contribution in [0, 0.1) is 11.2 Å². The molecule has 0 bridgehead atoms. The number of ether oxygens (including phenoxy) is 4. The van der Waals surface area contributed by atoms with Crippen LogP contribution < -0.4 is 15.0 Å². The third kappa shape index (κ3) is 10.9. The van der Waals surface area contributed by atoms with Crippen molar-refractivity contribution in [2.24, 2.45) is 5.41 Å². The number of nitrogens with one attached hydrogen (secondary N) is 1. The van der Waals surface area contributed by atoms with Gasteiger partial charge in [-0.05, 0) is 107 Å². The Morgan fingerprint density at radius 2 is 1.54 bits per heavy atom. The number of hydrogen-bond acceptors (Lipinski definition) is 12. The largest absolute Gasteiger partial charge is 0.463 e. The Bertz CT molecular complexity index is 2070. The van der Waals surface area contributed by atoms with Crippen molar-refractivity contribution in [1.29, 1.82) is 0 Å². The smallest absolute Gasteiger partial charge is 0.424 e. The summed E-state index contributed by atoms with van der Waals surface area (Å²) in [4.78, 5) is 54.9. The normalized spacial score (nSPS) is 18.1. The topological polar surface area (TPSA) is 166 Å². The van der Waals surface area contributed by atoms with Gasteiger partial charge in [-0.15, -0.1) is 0 Å². The molecule has 59 heavy (non-hydrogen) atoms. The fraction of sp³-hybridized carbons (Fsp3) is 0.600. The van der Waals surface area contributed by atoms with Gasteiger partial charge < -0.3 is 34.3 Å². The molecule has 324 valence electrons. The Labute approximate surface area is 344 Å². The van der Waals surface area contributed by atoms with Gasteiger partial charge in [0.15, 0.2) is 5.82 Å². The molecule has 3 aromatic rings. The first-order valence-electron chi connectivity index (χ1n) is 19.1. The molecule has 2 aliphatic rings. The summed E-state index contributed by atoms with van der Waals surface area (Å²) >= 11 is 6.28. The molecule has 5 rings (SSSR count). The predicted molar refractivity (Wildman–Crippen MR) is 211 cm³/mol. The number of likely N-dealkylation sites (tertiary alicyclic amines) is 1. The molecule has 1 aromatic carbocycles. The van der Waals surface area contributed by atoms with Crippen LogP contribution in [0.3, 0.4) is 0 Å². The van der Waals surface area contributed by atoms with Crippen LogP contribution in [0.15, 0.2) is 18.3 Å². The number of aliphatic hydroxyl groups is 1. The van der Waals surface area contributed by atoms with E-state index in [1.165, 1.54) is 41.5 Å². The molecule has 2 atom stereocenters. The Hall–Kier alpha value is -4.71. The number of carbonyl (C=O) groups is 3. The maximum atomic E-state index is 17.0. The SMILES string of the molecule is CC1CCC(CNc2nc(OCC3(CO)CC3)nc3c(F)c(-c4cc(N(C(=O)OC(C)(C)C)C(=O)OC(C)(C)C)cc(Cl)c4C(F)(F)F)ncc23)N1C(=O)OC(C)(C)C. The minimum absolute atomic E-state index is 0.00402. The number of nitrogens with zero attached hydrogens (tertiary/aromatic N) is 5. The summed E-state index contributed by atoms with van der Waals surface area (Å²) in [7, 11) is 0. The molecule has 1 aliphatic carbocycles. The van der Waals surface area contributed by atoms with Gasteiger partial charge in [-0.25, -0.2) is 18.8 Å². The van der Waals surface area contributed by atoms with Crippen LogP contribution in [0.1, 0.15) is 100 Å². The summed E-state index contributed by atoms with van der Waals surface area (Å²) in [5.74, 6) is -1.34. The lowest BCUT2D eigenvalue weighted by Gasteiger charge is -2.31. The van der Waals surface area contributed by atoms with Gasteiger partial charge in [0.25, 0.3) is 0 Å². The van der Waals surface area contributed by atoms with Crippen molar-refractivity contribution in [3.63, 3.8) is 0 Å². The number of fused-ring (bicyclic) bond motifs is 1. The van der Waals surface area contributed by atoms with Crippen LogP contribution in [-0.2, 0) is 20.4 Å². The lowest BCUT2D eigenvalue weighted by Crippen LogP contribution is -2.45. The summed E-state index contributed by atoms with van der Waals surface area (Å²) in [6.45, 7) is 16.1. The molecule has 1 aliphatic heterocycles. The minimum atomic E-state index is -5.19. The molecular formula is C40H51ClF4N6O8. The van der Waals surface area contributed by atoms with Crippen molar-refractivity contribution in [3.05, 3.63) is 34.7 Å². The second-order valence-corrected chi connectivity index (χ2v) is 18.4. The maximum absolute atomic E-state index is 17.0. The number of rotatable bonds is 9. The molecule has 2 unspecified atom stereocenters. The molecule has 3 amide bonds. The summed E-state index contributed by atoms with van der Waals surface area (Å²) in [5, 5.41) is 12.0. The van der Waals surface area contributed by atoms with Crippen molar-refractivity contribution in [3.8, 4) is 17.3 Å². The van der Waals surface area contributed by atoms with Crippen molar-refractivity contribution in [2.75, 3.05) is 30.0 Å². The van der Waals surface area contributed by atoms with Gasteiger partial charge in [-0.1, -0.05) is 11.6 Å². The summed E-state index contributed by atoms with van der Waals surface area (Å²) < 4.78 is 83.8. The fourth-order valence-electron chi connectivity index (χ4n) is 6.39. The number of alkyl halides is 3. The van der Waals surface area contributed by atoms with Gasteiger partial charge in [0.1, 0.15) is 33.8 Å². The standard InChI is InChI=1S/C40H51ClF4N6O8/c1-21-11-12-22(50(21)33(53)57-36(2,3)4)17-47-31-25-18-46-29(28(42)30(25)48-32(49-31)56-20-39(19-52)13-14-39)24-15-23(16-26(41)27(24)40(43,44)45)51(34(54)58-37(5,6)7)35(55)59-38(8,9)10/h15-16,18,21-22,52H,11-14,17,19-20H2,1-10H3,(H,47,48,49). The van der Waals surface area contributed by atoms with Crippen molar-refractivity contribution in [2.45, 2.75) is 130 Å². The van der Waals surface area contributed by atoms with E-state index in [4.69, 9.17) is 30.5 Å². The molecule has 14 nitrogen and oxygen atoms in total. The van der Waals surface area contributed by atoms with Gasteiger partial charge in [0.2, 0.25) is 0 Å². The second-order valence-electron chi connectivity index (χ2n) is 18.0. The number of aliphatic hydroxyl groups excluding tert-OH is 1. The third-order valence-electron chi connectivity index (χ3n) is 9.38. The highest BCUT2D eigenvalue weighted by Crippen LogP contribution is 2.47. The number of amides is 3. The number of aromatic nitrogens is 3. The maximum Gasteiger partial charge on any atom is 0.424 e. The van der Waals surface area contributed by atoms with Crippen LogP contribution in [0.25, 0.3) is 22.2 Å². The zero-order valence-electron chi connectivity index (χ0n) is 34.8. The number of halogens is 5. The molecule has 2 fully saturated rings. The van der Waals surface area contributed by atoms with E-state index in [0.29, 0.717) is 30.6 Å². The quantitative estimate of drug-likeness (QED) is 0.155. The van der Waals surface area contributed by atoms with Gasteiger partial charge in [-0.3, -0.25) is 4.98 Å². The van der Waals surface area contributed by atoms with Gasteiger partial charge in [-0.2, -0.15) is 28.0 Å². The van der Waals surface area contributed by atoms with E-state index in [2.05, 4.69) is 20.3 Å². The van der Waals surface area contributed by atoms with Crippen LogP contribution in [0.4, 0.5) is 43.5 Å². The molecule has 0 spiro atoms. The van der Waals surface area contributed by atoms with Crippen molar-refractivity contribution in [1.82, 2.24) is 19.9 Å². The molecule has 1 saturated heterocycles. The van der Waals surface area contributed by atoms with Crippen LogP contribution in [0.2, 0.25) is 5.02 Å². The number of benzene rings is 1. The zero-order valence-corrected chi connectivity index (χ0v) is 35.5. The van der Waals surface area contributed by atoms with E-state index < -0.39 is 85.5 Å². The Morgan fingerprint density at radius 1 is 0.949 bits per heavy atom. The third-order valence-corrected chi connectivity index (χ3v) is 9.68. The highest BCUT2D eigenvalue weighted by Gasteiger charge is 2.44. The molecular weight excluding hydrogens is 804 g/mol. The molecule has 2 N–H and O–H groups in total. The van der Waals surface area contributed by atoms with E-state index in [9.17, 15) is 32.7 Å². The van der Waals surface area contributed by atoms with Gasteiger partial charge in [0.05, 0.1) is 40.9 Å². The van der Waals surface area contributed by atoms with E-state index in [-0.39, 0.29) is 49.1 Å². The molecule has 1 saturated carbocycles. The highest BCUT2D eigenvalue weighted by molar-refractivity contribution is 6.32. The van der Waals surface area contributed by atoms with Gasteiger partial charge in [0, 0.05) is 29.8 Å². The summed E-state index contributed by atoms with van der Waals surface area (Å²) in [6, 6.07) is 0.577. The first-order valence-corrected chi connectivity index (χ1v) is 19.5. The van der Waals surface area contributed by atoms with E-state index in [0.717, 1.165) is 18.3 Å². The van der Waals surface area contributed by atoms with E-state index in [1.807, 2.05) is 6.92 Å². The number of pyridine rings is 1.